The monoisotopic (exact) mass is 963 g/mol. The molecule has 0 spiro atoms. The van der Waals surface area contributed by atoms with Crippen LogP contribution in [0.15, 0.2) is 83.6 Å². The molecule has 334 valence electrons. The number of nitrogen functional groups attached to an aromatic ring is 2. The summed E-state index contributed by atoms with van der Waals surface area (Å²) in [5, 5.41) is 9.87. The van der Waals surface area contributed by atoms with E-state index in [9.17, 15) is 9.59 Å². The number of hydrogen-bond donors (Lipinski definition) is 3. The third-order valence-electron chi connectivity index (χ3n) is 11.0. The average Bonchev–Trinajstić information content (AvgIpc) is 4.16. The van der Waals surface area contributed by atoms with E-state index in [1.54, 1.807) is 69.6 Å². The molecule has 2 aliphatic heterocycles. The Hall–Kier alpha value is -5.99. The molecule has 8 heterocycles. The molecule has 8 aromatic rings. The van der Waals surface area contributed by atoms with Gasteiger partial charge in [0.2, 0.25) is 11.9 Å². The van der Waals surface area contributed by atoms with E-state index >= 15 is 0 Å². The summed E-state index contributed by atoms with van der Waals surface area (Å²) in [5.74, 6) is 2.03. The first-order chi connectivity index (χ1) is 31.6. The Morgan fingerprint density at radius 2 is 1.15 bits per heavy atom. The molecule has 0 atom stereocenters. The van der Waals surface area contributed by atoms with Gasteiger partial charge in [-0.3, -0.25) is 4.79 Å². The second-order valence-electron chi connectivity index (χ2n) is 15.6. The van der Waals surface area contributed by atoms with E-state index in [1.807, 2.05) is 41.0 Å². The van der Waals surface area contributed by atoms with Crippen LogP contribution in [0.1, 0.15) is 35.7 Å². The molecule has 15 nitrogen and oxygen atoms in total. The standard InChI is InChI=1S/C23H25N7OS2.C22H21ClN6OS2/c1-15-4-2-5-16(14-15)25-23(31)30-11-9-29(10-12-30)20-19-21(28-22(24)27-20)33-18(26-19)8-7-17-6-3-13-32-17;23-15-5-3-14(4-6-15)21(30)29-11-9-28(10-12-29)19-18-20(27-22(24)26-19)32-17(25-18)8-7-16-2-1-13-31-16/h2-6,13-14H,7-12H2,1H3,(H,25,31)(H2,24,27,28);1-6,13H,7-12H2,(H2,24,26,27). The van der Waals surface area contributed by atoms with Crippen LogP contribution in [0.5, 0.6) is 0 Å². The quantitative estimate of drug-likeness (QED) is 0.119. The van der Waals surface area contributed by atoms with E-state index in [-0.39, 0.29) is 23.8 Å². The second-order valence-corrected chi connectivity index (χ2v) is 20.2. The van der Waals surface area contributed by atoms with Gasteiger partial charge >= 0.3 is 6.03 Å². The van der Waals surface area contributed by atoms with Gasteiger partial charge in [-0.25, -0.2) is 24.7 Å². The Labute approximate surface area is 396 Å². The molecule has 20 heteroatoms. The lowest BCUT2D eigenvalue weighted by Crippen LogP contribution is -2.50. The summed E-state index contributed by atoms with van der Waals surface area (Å²) in [6, 6.07) is 23.2. The summed E-state index contributed by atoms with van der Waals surface area (Å²) >= 11 is 12.6. The van der Waals surface area contributed by atoms with Crippen molar-refractivity contribution in [1.29, 1.82) is 0 Å². The summed E-state index contributed by atoms with van der Waals surface area (Å²) in [5.41, 5.74) is 16.2. The molecule has 2 saturated heterocycles. The zero-order valence-electron chi connectivity index (χ0n) is 35.5. The number of nitrogens with one attached hydrogen (secondary N) is 1. The lowest BCUT2D eigenvalue weighted by molar-refractivity contribution is 0.0746. The number of rotatable bonds is 10. The summed E-state index contributed by atoms with van der Waals surface area (Å²) < 4.78 is 0. The number of thiazole rings is 2. The molecule has 0 aliphatic carbocycles. The molecule has 65 heavy (non-hydrogen) atoms. The van der Waals surface area contributed by atoms with Crippen LogP contribution in [0.2, 0.25) is 5.02 Å². The lowest BCUT2D eigenvalue weighted by Gasteiger charge is -2.35. The van der Waals surface area contributed by atoms with Crippen LogP contribution >= 0.6 is 56.9 Å². The molecule has 5 N–H and O–H groups in total. The number of carbonyl (C=O) groups is 2. The van der Waals surface area contributed by atoms with Crippen molar-refractivity contribution < 1.29 is 9.59 Å². The fourth-order valence-corrected chi connectivity index (χ4v) is 11.1. The molecule has 0 radical (unpaired) electrons. The third kappa shape index (κ3) is 10.8. The summed E-state index contributed by atoms with van der Waals surface area (Å²) in [6.07, 6.45) is 3.66. The highest BCUT2D eigenvalue weighted by atomic mass is 35.5. The minimum absolute atomic E-state index is 0.0122. The van der Waals surface area contributed by atoms with Gasteiger partial charge in [0.05, 0.1) is 10.0 Å². The lowest BCUT2D eigenvalue weighted by atomic mass is 10.2. The first kappa shape index (κ1) is 44.2. The molecule has 0 unspecified atom stereocenters. The van der Waals surface area contributed by atoms with Crippen molar-refractivity contribution in [3.63, 3.8) is 0 Å². The van der Waals surface area contributed by atoms with Crippen molar-refractivity contribution in [1.82, 2.24) is 39.7 Å². The first-order valence-electron chi connectivity index (χ1n) is 21.2. The van der Waals surface area contributed by atoms with Crippen LogP contribution in [0, 0.1) is 6.92 Å². The summed E-state index contributed by atoms with van der Waals surface area (Å²) in [4.78, 5) is 65.4. The van der Waals surface area contributed by atoms with E-state index in [1.165, 1.54) is 9.75 Å². The number of thiophene rings is 2. The number of nitrogens with two attached hydrogens (primary N) is 2. The number of benzene rings is 2. The van der Waals surface area contributed by atoms with E-state index in [4.69, 9.17) is 33.0 Å². The van der Waals surface area contributed by atoms with Crippen molar-refractivity contribution in [2.45, 2.75) is 32.6 Å². The number of hydrogen-bond acceptors (Lipinski definition) is 16. The van der Waals surface area contributed by atoms with Crippen molar-refractivity contribution in [2.24, 2.45) is 0 Å². The number of fused-ring (bicyclic) bond motifs is 2. The SMILES string of the molecule is Cc1cccc(NC(=O)N2CCN(c3nc(N)nc4sc(CCc5cccs5)nc34)CC2)c1.Nc1nc(N2CCN(C(=O)c3ccc(Cl)cc3)CC2)c2nc(CCc3cccs3)sc2n1. The Morgan fingerprint density at radius 3 is 1.65 bits per heavy atom. The van der Waals surface area contributed by atoms with Gasteiger partial charge in [-0.05, 0) is 84.6 Å². The number of carbonyl (C=O) groups excluding carboxylic acids is 2. The molecule has 0 saturated carbocycles. The van der Waals surface area contributed by atoms with Crippen LogP contribution in [0.4, 0.5) is 34.0 Å². The van der Waals surface area contributed by atoms with Gasteiger partial charge in [0, 0.05) is 91.2 Å². The number of amides is 3. The predicted molar refractivity (Wildman–Crippen MR) is 266 cm³/mol. The Kier molecular flexibility index (Phi) is 13.6. The van der Waals surface area contributed by atoms with Gasteiger partial charge in [-0.15, -0.1) is 22.7 Å². The molecule has 0 bridgehead atoms. The molecule has 2 fully saturated rings. The number of nitrogens with zero attached hydrogens (tertiary/aromatic N) is 10. The van der Waals surface area contributed by atoms with E-state index in [0.717, 1.165) is 79.3 Å². The molecule has 6 aromatic heterocycles. The van der Waals surface area contributed by atoms with Crippen LogP contribution in [0.3, 0.4) is 0 Å². The third-order valence-corrected chi connectivity index (χ3v) is 15.2. The second kappa shape index (κ2) is 20.0. The van der Waals surface area contributed by atoms with Crippen molar-refractivity contribution in [3.05, 3.63) is 119 Å². The molecule has 10 rings (SSSR count). The zero-order chi connectivity index (χ0) is 44.9. The number of aryl methyl sites for hydroxylation is 5. The van der Waals surface area contributed by atoms with Crippen molar-refractivity contribution >= 4 is 119 Å². The molecule has 3 amide bonds. The van der Waals surface area contributed by atoms with Crippen LogP contribution in [0.25, 0.3) is 20.7 Å². The maximum absolute atomic E-state index is 12.8. The van der Waals surface area contributed by atoms with Gasteiger partial charge in [0.25, 0.3) is 5.91 Å². The van der Waals surface area contributed by atoms with Gasteiger partial charge in [-0.1, -0.05) is 58.5 Å². The zero-order valence-corrected chi connectivity index (χ0v) is 39.5. The van der Waals surface area contributed by atoms with Gasteiger partial charge in [0.15, 0.2) is 21.3 Å². The van der Waals surface area contributed by atoms with E-state index < -0.39 is 0 Å². The maximum Gasteiger partial charge on any atom is 0.321 e. The molecule has 2 aromatic carbocycles. The largest absolute Gasteiger partial charge is 0.368 e. The highest BCUT2D eigenvalue weighted by Crippen LogP contribution is 2.32. The minimum Gasteiger partial charge on any atom is -0.368 e. The number of urea groups is 1. The fraction of sp³-hybridized carbons (Fsp3) is 0.289. The maximum atomic E-state index is 12.8. The number of anilines is 5. The van der Waals surface area contributed by atoms with E-state index in [2.05, 4.69) is 70.1 Å². The van der Waals surface area contributed by atoms with Gasteiger partial charge in [-0.2, -0.15) is 9.97 Å². The van der Waals surface area contributed by atoms with Gasteiger partial charge in [0.1, 0.15) is 11.0 Å². The predicted octanol–water partition coefficient (Wildman–Crippen LogP) is 8.31. The van der Waals surface area contributed by atoms with Crippen LogP contribution < -0.4 is 26.6 Å². The molecule has 2 aliphatic rings. The number of piperazine rings is 2. The summed E-state index contributed by atoms with van der Waals surface area (Å²) in [7, 11) is 0. The van der Waals surface area contributed by atoms with Crippen molar-refractivity contribution in [2.75, 3.05) is 78.9 Å². The summed E-state index contributed by atoms with van der Waals surface area (Å²) in [6.45, 7) is 7.04. The Bertz CT molecular complexity index is 2890. The average molecular weight is 965 g/mol. The van der Waals surface area contributed by atoms with Crippen molar-refractivity contribution in [3.8, 4) is 0 Å². The molecular weight excluding hydrogens is 918 g/mol. The number of aromatic nitrogens is 6. The van der Waals surface area contributed by atoms with E-state index in [0.29, 0.717) is 62.9 Å². The highest BCUT2D eigenvalue weighted by molar-refractivity contribution is 7.18. The Morgan fingerprint density at radius 1 is 0.631 bits per heavy atom. The highest BCUT2D eigenvalue weighted by Gasteiger charge is 2.27. The number of halogens is 1. The van der Waals surface area contributed by atoms with Crippen LogP contribution in [-0.2, 0) is 25.7 Å². The minimum atomic E-state index is -0.0860. The first-order valence-corrected chi connectivity index (χ1v) is 25.0. The van der Waals surface area contributed by atoms with Gasteiger partial charge < -0.3 is 36.4 Å². The molecular formula is C45H46ClN13O2S4. The smallest absolute Gasteiger partial charge is 0.321 e. The topological polar surface area (TPSA) is 189 Å². The normalized spacial score (nSPS) is 14.2. The fourth-order valence-electron chi connectivity index (χ4n) is 7.70. The Balaban J connectivity index is 0.000000164. The van der Waals surface area contributed by atoms with Crippen LogP contribution in [-0.4, -0.2) is 104 Å².